The van der Waals surface area contributed by atoms with Crippen LogP contribution in [0.4, 0.5) is 5.82 Å². The molecule has 0 aliphatic heterocycles. The highest BCUT2D eigenvalue weighted by Gasteiger charge is 2.18. The summed E-state index contributed by atoms with van der Waals surface area (Å²) in [7, 11) is 1.57. The van der Waals surface area contributed by atoms with Gasteiger partial charge in [-0.05, 0) is 48.6 Å². The van der Waals surface area contributed by atoms with Crippen LogP contribution in [-0.2, 0) is 27.2 Å². The van der Waals surface area contributed by atoms with E-state index in [9.17, 15) is 9.59 Å². The largest absolute Gasteiger partial charge is 0.383 e. The summed E-state index contributed by atoms with van der Waals surface area (Å²) in [5, 5.41) is 7.76. The topological polar surface area (TPSA) is 102 Å². The number of aromatic nitrogens is 2. The zero-order valence-corrected chi connectivity index (χ0v) is 18.8. The highest BCUT2D eigenvalue weighted by molar-refractivity contribution is 5.92. The normalized spacial score (nSPS) is 12.7. The summed E-state index contributed by atoms with van der Waals surface area (Å²) < 4.78 is 6.81. The number of fused-ring (bicyclic) bond motifs is 1. The molecule has 1 heterocycles. The molecule has 0 radical (unpaired) electrons. The maximum Gasteiger partial charge on any atom is 0.239 e. The number of para-hydroxylation sites is 1. The standard InChI is InChI=1S/C25H29N5O3/c1-33-13-12-29(16-23(26)31)17-25(32)27-24-15-22(28-30(24)21-8-3-2-4-9-21)20-11-10-18-6-5-7-19(18)14-20/h2-4,8-11,14-15H,5-7,12-13,16-17H2,1H3,(H2,26,31)(H,27,32). The lowest BCUT2D eigenvalue weighted by Gasteiger charge is -2.19. The number of nitrogens with zero attached hydrogens (tertiary/aromatic N) is 3. The predicted molar refractivity (Wildman–Crippen MR) is 127 cm³/mol. The number of anilines is 1. The van der Waals surface area contributed by atoms with Crippen molar-refractivity contribution in [3.8, 4) is 16.9 Å². The van der Waals surface area contributed by atoms with Gasteiger partial charge in [0, 0.05) is 25.3 Å². The number of ether oxygens (including phenoxy) is 1. The van der Waals surface area contributed by atoms with Crippen LogP contribution in [0.2, 0.25) is 0 Å². The third-order valence-electron chi connectivity index (χ3n) is 5.73. The van der Waals surface area contributed by atoms with Crippen molar-refractivity contribution in [3.63, 3.8) is 0 Å². The first-order chi connectivity index (χ1) is 16.0. The number of amides is 2. The highest BCUT2D eigenvalue weighted by atomic mass is 16.5. The van der Waals surface area contributed by atoms with E-state index in [4.69, 9.17) is 15.6 Å². The molecule has 0 saturated heterocycles. The molecule has 1 aliphatic rings. The van der Waals surface area contributed by atoms with E-state index in [0.717, 1.165) is 29.8 Å². The third-order valence-corrected chi connectivity index (χ3v) is 5.73. The predicted octanol–water partition coefficient (Wildman–Crippen LogP) is 2.40. The molecule has 2 amide bonds. The summed E-state index contributed by atoms with van der Waals surface area (Å²) in [5.41, 5.74) is 10.8. The summed E-state index contributed by atoms with van der Waals surface area (Å²) in [6, 6.07) is 18.0. The Morgan fingerprint density at radius 2 is 1.88 bits per heavy atom. The van der Waals surface area contributed by atoms with Gasteiger partial charge in [0.2, 0.25) is 11.8 Å². The Kier molecular flexibility index (Phi) is 7.16. The first-order valence-corrected chi connectivity index (χ1v) is 11.1. The van der Waals surface area contributed by atoms with Crippen LogP contribution in [0.1, 0.15) is 17.5 Å². The second kappa shape index (κ2) is 10.4. The van der Waals surface area contributed by atoms with Crippen LogP contribution in [0.25, 0.3) is 16.9 Å². The number of methoxy groups -OCH3 is 1. The van der Waals surface area contributed by atoms with Crippen molar-refractivity contribution in [3.05, 3.63) is 65.7 Å². The molecule has 0 fully saturated rings. The number of benzene rings is 2. The number of hydrogen-bond donors (Lipinski definition) is 2. The molecule has 1 aromatic heterocycles. The molecule has 0 atom stereocenters. The molecule has 8 nitrogen and oxygen atoms in total. The summed E-state index contributed by atoms with van der Waals surface area (Å²) in [4.78, 5) is 25.9. The van der Waals surface area contributed by atoms with E-state index in [1.807, 2.05) is 36.4 Å². The van der Waals surface area contributed by atoms with E-state index in [0.29, 0.717) is 19.0 Å². The Morgan fingerprint density at radius 1 is 1.09 bits per heavy atom. The molecule has 0 bridgehead atoms. The minimum Gasteiger partial charge on any atom is -0.383 e. The summed E-state index contributed by atoms with van der Waals surface area (Å²) >= 11 is 0. The van der Waals surface area contributed by atoms with Gasteiger partial charge >= 0.3 is 0 Å². The fourth-order valence-electron chi connectivity index (χ4n) is 4.15. The Hall–Kier alpha value is -3.49. The number of primary amides is 1. The zero-order valence-electron chi connectivity index (χ0n) is 18.8. The lowest BCUT2D eigenvalue weighted by atomic mass is 10.0. The number of carbonyl (C=O) groups is 2. The van der Waals surface area contributed by atoms with Crippen LogP contribution in [-0.4, -0.2) is 59.8 Å². The number of rotatable bonds is 10. The van der Waals surface area contributed by atoms with Gasteiger partial charge in [-0.15, -0.1) is 0 Å². The van der Waals surface area contributed by atoms with Crippen LogP contribution >= 0.6 is 0 Å². The summed E-state index contributed by atoms with van der Waals surface area (Å²) in [6.07, 6.45) is 3.40. The Labute approximate surface area is 193 Å². The van der Waals surface area contributed by atoms with Crippen LogP contribution in [0, 0.1) is 0 Å². The van der Waals surface area contributed by atoms with Gasteiger partial charge < -0.3 is 15.8 Å². The van der Waals surface area contributed by atoms with E-state index >= 15 is 0 Å². The second-order valence-corrected chi connectivity index (χ2v) is 8.22. The van der Waals surface area contributed by atoms with Crippen molar-refractivity contribution < 1.29 is 14.3 Å². The van der Waals surface area contributed by atoms with Crippen LogP contribution in [0.5, 0.6) is 0 Å². The molecule has 3 N–H and O–H groups in total. The molecule has 0 unspecified atom stereocenters. The van der Waals surface area contributed by atoms with Crippen molar-refractivity contribution in [1.82, 2.24) is 14.7 Å². The van der Waals surface area contributed by atoms with Gasteiger partial charge in [-0.25, -0.2) is 4.68 Å². The Bertz CT molecular complexity index is 1130. The smallest absolute Gasteiger partial charge is 0.239 e. The molecule has 0 spiro atoms. The average Bonchev–Trinajstić information content (AvgIpc) is 3.44. The van der Waals surface area contributed by atoms with E-state index in [-0.39, 0.29) is 19.0 Å². The van der Waals surface area contributed by atoms with Gasteiger partial charge in [-0.2, -0.15) is 5.10 Å². The van der Waals surface area contributed by atoms with Gasteiger partial charge in [0.25, 0.3) is 0 Å². The number of hydrogen-bond acceptors (Lipinski definition) is 5. The van der Waals surface area contributed by atoms with E-state index in [1.54, 1.807) is 16.7 Å². The van der Waals surface area contributed by atoms with Crippen LogP contribution in [0.3, 0.4) is 0 Å². The number of nitrogens with one attached hydrogen (secondary N) is 1. The quantitative estimate of drug-likeness (QED) is 0.497. The van der Waals surface area contributed by atoms with Gasteiger partial charge in [-0.1, -0.05) is 30.3 Å². The summed E-state index contributed by atoms with van der Waals surface area (Å²) in [6.45, 7) is 0.811. The molecule has 2 aromatic carbocycles. The molecular formula is C25H29N5O3. The van der Waals surface area contributed by atoms with Crippen molar-refractivity contribution in [2.45, 2.75) is 19.3 Å². The molecule has 0 saturated carbocycles. The maximum absolute atomic E-state index is 12.9. The van der Waals surface area contributed by atoms with Crippen molar-refractivity contribution in [2.75, 3.05) is 38.7 Å². The Balaban J connectivity index is 1.59. The molecular weight excluding hydrogens is 418 g/mol. The van der Waals surface area contributed by atoms with Crippen LogP contribution in [0.15, 0.2) is 54.6 Å². The van der Waals surface area contributed by atoms with E-state index < -0.39 is 5.91 Å². The monoisotopic (exact) mass is 447 g/mol. The fourth-order valence-corrected chi connectivity index (χ4v) is 4.15. The molecule has 3 aromatic rings. The highest BCUT2D eigenvalue weighted by Crippen LogP contribution is 2.30. The van der Waals surface area contributed by atoms with E-state index in [1.165, 1.54) is 17.5 Å². The lowest BCUT2D eigenvalue weighted by Crippen LogP contribution is -2.41. The van der Waals surface area contributed by atoms with Gasteiger partial charge in [0.15, 0.2) is 0 Å². The van der Waals surface area contributed by atoms with Gasteiger partial charge in [0.1, 0.15) is 5.82 Å². The van der Waals surface area contributed by atoms with Crippen LogP contribution < -0.4 is 11.1 Å². The zero-order chi connectivity index (χ0) is 23.2. The number of carbonyl (C=O) groups excluding carboxylic acids is 2. The van der Waals surface area contributed by atoms with Crippen molar-refractivity contribution >= 4 is 17.6 Å². The minimum absolute atomic E-state index is 0.0143. The average molecular weight is 448 g/mol. The molecule has 1 aliphatic carbocycles. The first kappa shape index (κ1) is 22.7. The SMILES string of the molecule is COCCN(CC(N)=O)CC(=O)Nc1cc(-c2ccc3c(c2)CCC3)nn1-c1ccccc1. The lowest BCUT2D eigenvalue weighted by molar-refractivity contribution is -0.121. The minimum atomic E-state index is -0.493. The second-order valence-electron chi connectivity index (χ2n) is 8.22. The molecule has 172 valence electrons. The van der Waals surface area contributed by atoms with Gasteiger partial charge in [0.05, 0.1) is 31.1 Å². The van der Waals surface area contributed by atoms with Crippen molar-refractivity contribution in [2.24, 2.45) is 5.73 Å². The van der Waals surface area contributed by atoms with E-state index in [2.05, 4.69) is 23.5 Å². The molecule has 4 rings (SSSR count). The molecule has 33 heavy (non-hydrogen) atoms. The van der Waals surface area contributed by atoms with Gasteiger partial charge in [-0.3, -0.25) is 14.5 Å². The summed E-state index contributed by atoms with van der Waals surface area (Å²) in [5.74, 6) is -0.190. The number of aryl methyl sites for hydroxylation is 2. The maximum atomic E-state index is 12.9. The fraction of sp³-hybridized carbons (Fsp3) is 0.320. The Morgan fingerprint density at radius 3 is 2.64 bits per heavy atom. The number of nitrogens with two attached hydrogens (primary N) is 1. The third kappa shape index (κ3) is 5.66. The first-order valence-electron chi connectivity index (χ1n) is 11.1. The molecule has 8 heteroatoms. The van der Waals surface area contributed by atoms with Crippen molar-refractivity contribution in [1.29, 1.82) is 0 Å².